The molecule has 0 saturated heterocycles. The Kier molecular flexibility index (Phi) is 5.04. The zero-order chi connectivity index (χ0) is 15.5. The van der Waals surface area contributed by atoms with Gasteiger partial charge in [0, 0.05) is 11.4 Å². The Hall–Kier alpha value is -1.70. The van der Waals surface area contributed by atoms with Crippen LogP contribution in [0.25, 0.3) is 0 Å². The summed E-state index contributed by atoms with van der Waals surface area (Å²) in [5, 5.41) is 11.3. The highest BCUT2D eigenvalue weighted by molar-refractivity contribution is 7.14. The third-order valence-electron chi connectivity index (χ3n) is 2.51. The average Bonchev–Trinajstić information content (AvgIpc) is 2.66. The topological polar surface area (TPSA) is 75.6 Å². The average molecular weight is 307 g/mol. The van der Waals surface area contributed by atoms with Crippen LogP contribution in [0, 0.1) is 12.3 Å². The Balaban J connectivity index is 2.80. The molecule has 5 nitrogen and oxygen atoms in total. The molecule has 20 heavy (non-hydrogen) atoms. The van der Waals surface area contributed by atoms with E-state index in [2.05, 4.69) is 10.1 Å². The Labute approximate surface area is 118 Å². The van der Waals surface area contributed by atoms with Gasteiger partial charge >= 0.3 is 12.6 Å². The summed E-state index contributed by atoms with van der Waals surface area (Å²) in [7, 11) is 0. The standard InChI is InChI=1S/C12H15F2NO4S/c1-6-4-7(19-11(13)14)8(20-6)9(16)15-5-12(2,3)10(17)18/h4,11H,5H2,1-3H3,(H,15,16)(H,17,18). The van der Waals surface area contributed by atoms with E-state index in [4.69, 9.17) is 5.11 Å². The molecule has 0 aromatic carbocycles. The molecule has 0 bridgehead atoms. The predicted molar refractivity (Wildman–Crippen MR) is 69.4 cm³/mol. The first-order valence-corrected chi connectivity index (χ1v) is 6.52. The van der Waals surface area contributed by atoms with Crippen LogP contribution < -0.4 is 10.1 Å². The zero-order valence-corrected chi connectivity index (χ0v) is 12.0. The van der Waals surface area contributed by atoms with Gasteiger partial charge in [-0.1, -0.05) is 0 Å². The molecule has 0 fully saturated rings. The molecule has 1 amide bonds. The van der Waals surface area contributed by atoms with Gasteiger partial charge in [0.25, 0.3) is 5.91 Å². The molecule has 112 valence electrons. The second-order valence-corrected chi connectivity index (χ2v) is 6.06. The molecule has 0 spiro atoms. The summed E-state index contributed by atoms with van der Waals surface area (Å²) in [4.78, 5) is 23.5. The summed E-state index contributed by atoms with van der Waals surface area (Å²) in [6, 6.07) is 1.34. The van der Waals surface area contributed by atoms with E-state index in [-0.39, 0.29) is 17.2 Å². The molecule has 0 aliphatic rings. The third-order valence-corrected chi connectivity index (χ3v) is 3.54. The molecule has 1 aromatic heterocycles. The fourth-order valence-electron chi connectivity index (χ4n) is 1.29. The molecule has 1 aromatic rings. The highest BCUT2D eigenvalue weighted by Gasteiger charge is 2.28. The number of hydrogen-bond acceptors (Lipinski definition) is 4. The van der Waals surface area contributed by atoms with Crippen LogP contribution in [0.2, 0.25) is 0 Å². The number of aryl methyl sites for hydroxylation is 1. The van der Waals surface area contributed by atoms with Crippen LogP contribution in [0.1, 0.15) is 28.4 Å². The largest absolute Gasteiger partial charge is 0.481 e. The molecule has 0 radical (unpaired) electrons. The lowest BCUT2D eigenvalue weighted by Crippen LogP contribution is -2.38. The van der Waals surface area contributed by atoms with Crippen LogP contribution in [0.5, 0.6) is 5.75 Å². The number of aliphatic carboxylic acids is 1. The number of carboxylic acids is 1. The van der Waals surface area contributed by atoms with Crippen molar-refractivity contribution in [1.29, 1.82) is 0 Å². The van der Waals surface area contributed by atoms with Crippen molar-refractivity contribution in [3.05, 3.63) is 15.8 Å². The van der Waals surface area contributed by atoms with Crippen LogP contribution in [0.15, 0.2) is 6.07 Å². The lowest BCUT2D eigenvalue weighted by atomic mass is 9.94. The Morgan fingerprint density at radius 2 is 2.10 bits per heavy atom. The molecule has 0 atom stereocenters. The summed E-state index contributed by atoms with van der Waals surface area (Å²) in [6.45, 7) is 1.41. The number of halogens is 2. The van der Waals surface area contributed by atoms with Gasteiger partial charge < -0.3 is 15.2 Å². The Morgan fingerprint density at radius 1 is 1.50 bits per heavy atom. The molecular weight excluding hydrogens is 292 g/mol. The van der Waals surface area contributed by atoms with Crippen LogP contribution in [-0.4, -0.2) is 30.1 Å². The van der Waals surface area contributed by atoms with E-state index in [0.717, 1.165) is 11.3 Å². The van der Waals surface area contributed by atoms with Crippen LogP contribution in [0.4, 0.5) is 8.78 Å². The number of carbonyl (C=O) groups is 2. The second-order valence-electron chi connectivity index (χ2n) is 4.80. The van der Waals surface area contributed by atoms with Crippen molar-refractivity contribution in [2.24, 2.45) is 5.41 Å². The van der Waals surface area contributed by atoms with Crippen molar-refractivity contribution < 1.29 is 28.2 Å². The van der Waals surface area contributed by atoms with E-state index < -0.39 is 23.9 Å². The van der Waals surface area contributed by atoms with Crippen LogP contribution in [0.3, 0.4) is 0 Å². The third kappa shape index (κ3) is 4.16. The summed E-state index contributed by atoms with van der Waals surface area (Å²) in [5.41, 5.74) is -1.15. The van der Waals surface area contributed by atoms with Gasteiger partial charge in [0.1, 0.15) is 10.6 Å². The molecular formula is C12H15F2NO4S. The van der Waals surface area contributed by atoms with Gasteiger partial charge in [-0.2, -0.15) is 8.78 Å². The first-order chi connectivity index (χ1) is 9.13. The van der Waals surface area contributed by atoms with Crippen molar-refractivity contribution >= 4 is 23.2 Å². The smallest absolute Gasteiger partial charge is 0.387 e. The monoisotopic (exact) mass is 307 g/mol. The van der Waals surface area contributed by atoms with Gasteiger partial charge in [-0.3, -0.25) is 9.59 Å². The zero-order valence-electron chi connectivity index (χ0n) is 11.2. The molecule has 1 heterocycles. The first-order valence-electron chi connectivity index (χ1n) is 5.70. The van der Waals surface area contributed by atoms with Crippen molar-refractivity contribution in [1.82, 2.24) is 5.32 Å². The van der Waals surface area contributed by atoms with Crippen LogP contribution in [-0.2, 0) is 4.79 Å². The van der Waals surface area contributed by atoms with Crippen molar-refractivity contribution in [3.63, 3.8) is 0 Å². The summed E-state index contributed by atoms with van der Waals surface area (Å²) >= 11 is 1.01. The number of ether oxygens (including phenoxy) is 1. The van der Waals surface area contributed by atoms with Gasteiger partial charge in [0.05, 0.1) is 5.41 Å². The summed E-state index contributed by atoms with van der Waals surface area (Å²) < 4.78 is 28.7. The maximum atomic E-state index is 12.2. The predicted octanol–water partition coefficient (Wildman–Crippen LogP) is 2.50. The number of carboxylic acid groups (broad SMARTS) is 1. The van der Waals surface area contributed by atoms with Gasteiger partial charge in [-0.15, -0.1) is 11.3 Å². The number of hydrogen-bond donors (Lipinski definition) is 2. The maximum absolute atomic E-state index is 12.2. The lowest BCUT2D eigenvalue weighted by Gasteiger charge is -2.19. The Morgan fingerprint density at radius 3 is 2.60 bits per heavy atom. The molecule has 8 heteroatoms. The van der Waals surface area contributed by atoms with E-state index >= 15 is 0 Å². The normalized spacial score (nSPS) is 11.5. The minimum atomic E-state index is -3.02. The van der Waals surface area contributed by atoms with Gasteiger partial charge in [-0.25, -0.2) is 0 Å². The molecule has 1 rings (SSSR count). The molecule has 0 aliphatic heterocycles. The number of nitrogens with one attached hydrogen (secondary N) is 1. The number of carbonyl (C=O) groups excluding carboxylic acids is 1. The lowest BCUT2D eigenvalue weighted by molar-refractivity contribution is -0.146. The van der Waals surface area contributed by atoms with E-state index in [0.29, 0.717) is 4.88 Å². The molecule has 0 aliphatic carbocycles. The minimum Gasteiger partial charge on any atom is -0.481 e. The second kappa shape index (κ2) is 6.17. The first kappa shape index (κ1) is 16.4. The van der Waals surface area contributed by atoms with E-state index in [1.54, 1.807) is 6.92 Å². The summed E-state index contributed by atoms with van der Waals surface area (Å²) in [5.74, 6) is -1.90. The number of thiophene rings is 1. The van der Waals surface area contributed by atoms with E-state index in [9.17, 15) is 18.4 Å². The highest BCUT2D eigenvalue weighted by Crippen LogP contribution is 2.30. The van der Waals surface area contributed by atoms with Crippen molar-refractivity contribution in [2.45, 2.75) is 27.4 Å². The van der Waals surface area contributed by atoms with Crippen molar-refractivity contribution in [3.8, 4) is 5.75 Å². The fourth-order valence-corrected chi connectivity index (χ4v) is 2.15. The minimum absolute atomic E-state index is 0.00369. The van der Waals surface area contributed by atoms with Crippen LogP contribution >= 0.6 is 11.3 Å². The summed E-state index contributed by atoms with van der Waals surface area (Å²) in [6.07, 6.45) is 0. The fraction of sp³-hybridized carbons (Fsp3) is 0.500. The van der Waals surface area contributed by atoms with E-state index in [1.807, 2.05) is 0 Å². The van der Waals surface area contributed by atoms with Gasteiger partial charge in [-0.05, 0) is 26.8 Å². The molecule has 0 saturated carbocycles. The SMILES string of the molecule is Cc1cc(OC(F)F)c(C(=O)NCC(C)(C)C(=O)O)s1. The molecule has 2 N–H and O–H groups in total. The molecule has 0 unspecified atom stereocenters. The number of amides is 1. The quantitative estimate of drug-likeness (QED) is 0.846. The Bertz CT molecular complexity index is 514. The van der Waals surface area contributed by atoms with E-state index in [1.165, 1.54) is 19.9 Å². The van der Waals surface area contributed by atoms with Crippen molar-refractivity contribution in [2.75, 3.05) is 6.54 Å². The van der Waals surface area contributed by atoms with Gasteiger partial charge in [0.2, 0.25) is 0 Å². The van der Waals surface area contributed by atoms with Gasteiger partial charge in [0.15, 0.2) is 0 Å². The maximum Gasteiger partial charge on any atom is 0.387 e. The highest BCUT2D eigenvalue weighted by atomic mass is 32.1. The number of rotatable bonds is 6. The number of alkyl halides is 2.